The lowest BCUT2D eigenvalue weighted by Crippen LogP contribution is -2.38. The van der Waals surface area contributed by atoms with Gasteiger partial charge in [-0.05, 0) is 101 Å². The third kappa shape index (κ3) is 5.44. The van der Waals surface area contributed by atoms with Crippen molar-refractivity contribution in [3.63, 3.8) is 0 Å². The normalized spacial score (nSPS) is 39.1. The molecule has 37 heavy (non-hydrogen) atoms. The molecule has 0 amide bonds. The molecule has 0 radical (unpaired) electrons. The Kier molecular flexibility index (Phi) is 7.81. The molecule has 5 nitrogen and oxygen atoms in total. The number of allylic oxidation sites excluding steroid dienone is 2. The summed E-state index contributed by atoms with van der Waals surface area (Å²) in [6, 6.07) is 0. The minimum absolute atomic E-state index is 0.0853. The highest BCUT2D eigenvalue weighted by atomic mass is 32.2. The summed E-state index contributed by atoms with van der Waals surface area (Å²) in [4.78, 5) is 0. The van der Waals surface area contributed by atoms with Crippen LogP contribution in [0, 0.1) is 40.4 Å². The predicted molar refractivity (Wildman–Crippen MR) is 136 cm³/mol. The van der Waals surface area contributed by atoms with Crippen LogP contribution in [-0.2, 0) is 14.3 Å². The first-order chi connectivity index (χ1) is 17.0. The molecule has 4 rings (SSSR count). The van der Waals surface area contributed by atoms with Crippen LogP contribution in [-0.4, -0.2) is 42.5 Å². The Bertz CT molecular complexity index is 1010. The van der Waals surface area contributed by atoms with Crippen molar-refractivity contribution in [2.45, 2.75) is 103 Å². The molecule has 4 aliphatic rings. The second-order valence-electron chi connectivity index (χ2n) is 13.0. The minimum atomic E-state index is -5.68. The SMILES string of the molecule is C[C@H](/C=C/CC(C)(C)O)[C@H]1CC[C@H]2/C(=C/[C@@H](CO)[C@]34C[C@H]3CCC4OS(=O)(=O)C(F)(F)F)CCC[C@]12C. The van der Waals surface area contributed by atoms with E-state index in [0.717, 1.165) is 32.1 Å². The maximum atomic E-state index is 13.0. The average molecular weight is 549 g/mol. The van der Waals surface area contributed by atoms with Gasteiger partial charge in [0.15, 0.2) is 0 Å². The van der Waals surface area contributed by atoms with Crippen LogP contribution < -0.4 is 0 Å². The summed E-state index contributed by atoms with van der Waals surface area (Å²) in [6.45, 7) is 7.96. The zero-order chi connectivity index (χ0) is 27.4. The molecule has 0 aromatic carbocycles. The molecule has 212 valence electrons. The Labute approximate surface area is 219 Å². The molecule has 0 aliphatic heterocycles. The van der Waals surface area contributed by atoms with E-state index in [1.165, 1.54) is 5.57 Å². The Balaban J connectivity index is 1.54. The third-order valence-corrected chi connectivity index (χ3v) is 11.2. The Morgan fingerprint density at radius 2 is 1.89 bits per heavy atom. The standard InChI is InChI=1S/C28H43F3O5S/c1-18(7-5-13-25(2,3)33)22-10-11-23-19(8-6-14-26(22,23)4)15-21(17-32)27-16-20(27)9-12-24(27)36-37(34,35)28(29,30)31/h5,7,15,18,20-24,32-33H,6,8-14,16-17H2,1-4H3/b7-5+,19-15+/t18-,20-,21+,22-,23+,24?,26-,27+/m1/s1. The van der Waals surface area contributed by atoms with E-state index in [-0.39, 0.29) is 24.4 Å². The number of aliphatic hydroxyl groups is 2. The molecule has 0 heterocycles. The van der Waals surface area contributed by atoms with Crippen LogP contribution >= 0.6 is 0 Å². The number of hydrogen-bond acceptors (Lipinski definition) is 5. The third-order valence-electron chi connectivity index (χ3n) is 10.1. The Morgan fingerprint density at radius 3 is 2.49 bits per heavy atom. The number of fused-ring (bicyclic) bond motifs is 2. The molecule has 4 aliphatic carbocycles. The first-order valence-corrected chi connectivity index (χ1v) is 15.2. The molecule has 2 N–H and O–H groups in total. The minimum Gasteiger partial charge on any atom is -0.396 e. The first kappa shape index (κ1) is 29.1. The van der Waals surface area contributed by atoms with Gasteiger partial charge in [0.1, 0.15) is 0 Å². The van der Waals surface area contributed by atoms with Gasteiger partial charge in [-0.25, -0.2) is 0 Å². The predicted octanol–water partition coefficient (Wildman–Crippen LogP) is 6.13. The molecule has 4 saturated carbocycles. The van der Waals surface area contributed by atoms with Crippen molar-refractivity contribution in [1.29, 1.82) is 0 Å². The fourth-order valence-electron chi connectivity index (χ4n) is 8.28. The molecule has 0 saturated heterocycles. The Hall–Kier alpha value is -0.900. The van der Waals surface area contributed by atoms with E-state index in [4.69, 9.17) is 4.18 Å². The molecular weight excluding hydrogens is 505 g/mol. The lowest BCUT2D eigenvalue weighted by molar-refractivity contribution is -0.0612. The zero-order valence-electron chi connectivity index (χ0n) is 22.4. The van der Waals surface area contributed by atoms with Gasteiger partial charge in [-0.1, -0.05) is 37.6 Å². The number of alkyl halides is 3. The van der Waals surface area contributed by atoms with E-state index >= 15 is 0 Å². The van der Waals surface area contributed by atoms with Crippen LogP contribution in [0.1, 0.15) is 85.5 Å². The van der Waals surface area contributed by atoms with Crippen molar-refractivity contribution in [3.05, 3.63) is 23.8 Å². The topological polar surface area (TPSA) is 83.8 Å². The summed E-state index contributed by atoms with van der Waals surface area (Å²) in [5.41, 5.74) is -5.56. The van der Waals surface area contributed by atoms with Crippen LogP contribution in [0.15, 0.2) is 23.8 Å². The van der Waals surface area contributed by atoms with Gasteiger partial charge < -0.3 is 10.2 Å². The average Bonchev–Trinajstić information content (AvgIpc) is 3.24. The van der Waals surface area contributed by atoms with Crippen LogP contribution in [0.3, 0.4) is 0 Å². The maximum absolute atomic E-state index is 13.0. The molecule has 8 atom stereocenters. The van der Waals surface area contributed by atoms with Crippen molar-refractivity contribution in [2.75, 3.05) is 6.61 Å². The van der Waals surface area contributed by atoms with Crippen molar-refractivity contribution in [2.24, 2.45) is 40.4 Å². The van der Waals surface area contributed by atoms with Crippen LogP contribution in [0.2, 0.25) is 0 Å². The number of aliphatic hydroxyl groups excluding tert-OH is 1. The van der Waals surface area contributed by atoms with Crippen LogP contribution in [0.5, 0.6) is 0 Å². The van der Waals surface area contributed by atoms with E-state index in [1.807, 2.05) is 0 Å². The van der Waals surface area contributed by atoms with Gasteiger partial charge in [0, 0.05) is 17.9 Å². The highest BCUT2D eigenvalue weighted by Crippen LogP contribution is 2.69. The maximum Gasteiger partial charge on any atom is 0.523 e. The molecule has 0 bridgehead atoms. The van der Waals surface area contributed by atoms with E-state index in [0.29, 0.717) is 37.0 Å². The van der Waals surface area contributed by atoms with Gasteiger partial charge in [0.2, 0.25) is 0 Å². The van der Waals surface area contributed by atoms with E-state index in [9.17, 15) is 31.8 Å². The largest absolute Gasteiger partial charge is 0.523 e. The van der Waals surface area contributed by atoms with Crippen molar-refractivity contribution in [1.82, 2.24) is 0 Å². The highest BCUT2D eigenvalue weighted by Gasteiger charge is 2.68. The monoisotopic (exact) mass is 548 g/mol. The second-order valence-corrected chi connectivity index (χ2v) is 14.6. The number of halogens is 3. The van der Waals surface area contributed by atoms with Crippen LogP contribution in [0.25, 0.3) is 0 Å². The van der Waals surface area contributed by atoms with E-state index in [1.54, 1.807) is 13.8 Å². The molecule has 1 unspecified atom stereocenters. The Morgan fingerprint density at radius 1 is 1.19 bits per heavy atom. The molecule has 0 spiro atoms. The summed E-state index contributed by atoms with van der Waals surface area (Å²) in [5.74, 6) is 0.866. The summed E-state index contributed by atoms with van der Waals surface area (Å²) >= 11 is 0. The van der Waals surface area contributed by atoms with Crippen molar-refractivity contribution < 1.29 is 36.0 Å². The molecule has 0 aromatic rings. The molecule has 4 fully saturated rings. The summed E-state index contributed by atoms with van der Waals surface area (Å²) in [5, 5.41) is 20.4. The zero-order valence-corrected chi connectivity index (χ0v) is 23.2. The van der Waals surface area contributed by atoms with E-state index in [2.05, 4.69) is 32.1 Å². The summed E-state index contributed by atoms with van der Waals surface area (Å²) in [6.07, 6.45) is 12.6. The second kappa shape index (κ2) is 9.93. The van der Waals surface area contributed by atoms with Crippen LogP contribution in [0.4, 0.5) is 13.2 Å². The fourth-order valence-corrected chi connectivity index (χ4v) is 8.97. The van der Waals surface area contributed by atoms with Crippen molar-refractivity contribution >= 4 is 10.1 Å². The number of hydrogen-bond donors (Lipinski definition) is 2. The van der Waals surface area contributed by atoms with Crippen molar-refractivity contribution in [3.8, 4) is 0 Å². The molecule has 9 heteroatoms. The smallest absolute Gasteiger partial charge is 0.396 e. The van der Waals surface area contributed by atoms with Gasteiger partial charge in [-0.15, -0.1) is 0 Å². The summed E-state index contributed by atoms with van der Waals surface area (Å²) in [7, 11) is -5.68. The van der Waals surface area contributed by atoms with Gasteiger partial charge in [-0.3, -0.25) is 4.18 Å². The lowest BCUT2D eigenvalue weighted by Gasteiger charge is -2.44. The lowest BCUT2D eigenvalue weighted by atomic mass is 9.60. The highest BCUT2D eigenvalue weighted by molar-refractivity contribution is 7.87. The van der Waals surface area contributed by atoms with Gasteiger partial charge in [0.05, 0.1) is 11.7 Å². The quantitative estimate of drug-likeness (QED) is 0.206. The number of rotatable bonds is 9. The molecular formula is C28H43F3O5S. The first-order valence-electron chi connectivity index (χ1n) is 13.7. The summed E-state index contributed by atoms with van der Waals surface area (Å²) < 4.78 is 67.5. The molecule has 0 aromatic heterocycles. The van der Waals surface area contributed by atoms with Gasteiger partial charge >= 0.3 is 15.6 Å². The fraction of sp³-hybridized carbons (Fsp3) is 0.857. The van der Waals surface area contributed by atoms with Gasteiger partial charge in [-0.2, -0.15) is 21.6 Å². The van der Waals surface area contributed by atoms with Gasteiger partial charge in [0.25, 0.3) is 0 Å². The van der Waals surface area contributed by atoms with E-state index < -0.39 is 38.7 Å².